The zero-order valence-electron chi connectivity index (χ0n) is 16.6. The molecule has 0 saturated heterocycles. The summed E-state index contributed by atoms with van der Waals surface area (Å²) in [6, 6.07) is 9.40. The van der Waals surface area contributed by atoms with Gasteiger partial charge in [0.1, 0.15) is 11.5 Å². The van der Waals surface area contributed by atoms with Gasteiger partial charge in [-0.1, -0.05) is 32.0 Å². The van der Waals surface area contributed by atoms with Crippen molar-refractivity contribution < 1.29 is 32.5 Å². The minimum atomic E-state index is -4.86. The van der Waals surface area contributed by atoms with Crippen LogP contribution in [0.1, 0.15) is 25.0 Å². The van der Waals surface area contributed by atoms with Crippen LogP contribution in [0.2, 0.25) is 0 Å². The van der Waals surface area contributed by atoms with E-state index in [1.165, 1.54) is 6.07 Å². The Morgan fingerprint density at radius 3 is 2.14 bits per heavy atom. The standard InChI is InChI=1S/C18H20F3NO4.C2H6/c1-22(10-12-7-8-14(24-2)9-16(12)25-3)11-13-5-4-6-15(17(13)23)26-18(19,20)21;1-2/h4-9,23H,10-11H2,1-3H3;1-2H3. The highest BCUT2D eigenvalue weighted by molar-refractivity contribution is 5.45. The van der Waals surface area contributed by atoms with Gasteiger partial charge in [0.2, 0.25) is 0 Å². The second-order valence-corrected chi connectivity index (χ2v) is 5.66. The third kappa shape index (κ3) is 6.84. The first-order chi connectivity index (χ1) is 13.2. The first-order valence-electron chi connectivity index (χ1n) is 8.69. The Hall–Kier alpha value is -2.61. The number of rotatable bonds is 7. The fourth-order valence-corrected chi connectivity index (χ4v) is 2.52. The van der Waals surface area contributed by atoms with Crippen LogP contribution in [0, 0.1) is 0 Å². The highest BCUT2D eigenvalue weighted by Crippen LogP contribution is 2.35. The summed E-state index contributed by atoms with van der Waals surface area (Å²) >= 11 is 0. The van der Waals surface area contributed by atoms with Crippen LogP contribution in [0.15, 0.2) is 36.4 Å². The molecule has 0 amide bonds. The molecular formula is C20H26F3NO4. The molecule has 5 nitrogen and oxygen atoms in total. The fraction of sp³-hybridized carbons (Fsp3) is 0.400. The number of ether oxygens (including phenoxy) is 3. The molecule has 0 heterocycles. The topological polar surface area (TPSA) is 51.2 Å². The Morgan fingerprint density at radius 2 is 1.57 bits per heavy atom. The molecule has 0 radical (unpaired) electrons. The molecule has 2 aromatic carbocycles. The summed E-state index contributed by atoms with van der Waals surface area (Å²) in [4.78, 5) is 1.83. The smallest absolute Gasteiger partial charge is 0.504 e. The minimum Gasteiger partial charge on any atom is -0.504 e. The first kappa shape index (κ1) is 23.4. The number of para-hydroxylation sites is 1. The minimum absolute atomic E-state index is 0.218. The average Bonchev–Trinajstić information content (AvgIpc) is 2.66. The van der Waals surface area contributed by atoms with Crippen molar-refractivity contribution >= 4 is 0 Å². The van der Waals surface area contributed by atoms with Crippen molar-refractivity contribution in [2.45, 2.75) is 33.3 Å². The van der Waals surface area contributed by atoms with Crippen molar-refractivity contribution in [2.75, 3.05) is 21.3 Å². The van der Waals surface area contributed by atoms with Crippen molar-refractivity contribution in [2.24, 2.45) is 0 Å². The monoisotopic (exact) mass is 401 g/mol. The van der Waals surface area contributed by atoms with Gasteiger partial charge in [0.05, 0.1) is 14.2 Å². The number of hydrogen-bond donors (Lipinski definition) is 1. The molecule has 0 fully saturated rings. The lowest BCUT2D eigenvalue weighted by molar-refractivity contribution is -0.275. The molecule has 2 rings (SSSR count). The average molecular weight is 401 g/mol. The molecule has 28 heavy (non-hydrogen) atoms. The summed E-state index contributed by atoms with van der Waals surface area (Å²) in [5.41, 5.74) is 1.19. The van der Waals surface area contributed by atoms with E-state index in [0.29, 0.717) is 23.6 Å². The summed E-state index contributed by atoms with van der Waals surface area (Å²) in [7, 11) is 4.88. The first-order valence-corrected chi connectivity index (χ1v) is 8.69. The van der Waals surface area contributed by atoms with Crippen LogP contribution < -0.4 is 14.2 Å². The van der Waals surface area contributed by atoms with Gasteiger partial charge in [0.15, 0.2) is 11.5 Å². The van der Waals surface area contributed by atoms with Gasteiger partial charge in [-0.25, -0.2) is 0 Å². The molecule has 0 aliphatic rings. The van der Waals surface area contributed by atoms with E-state index in [2.05, 4.69) is 4.74 Å². The van der Waals surface area contributed by atoms with Crippen LogP contribution in [-0.4, -0.2) is 37.6 Å². The Morgan fingerprint density at radius 1 is 0.929 bits per heavy atom. The SMILES string of the molecule is CC.COc1ccc(CN(C)Cc2cccc(OC(F)(F)F)c2O)c(OC)c1. The molecule has 156 valence electrons. The number of phenols is 1. The van der Waals surface area contributed by atoms with E-state index in [1.807, 2.05) is 24.8 Å². The van der Waals surface area contributed by atoms with Gasteiger partial charge < -0.3 is 19.3 Å². The molecule has 0 unspecified atom stereocenters. The Kier molecular flexibility index (Phi) is 8.91. The lowest BCUT2D eigenvalue weighted by atomic mass is 10.1. The number of methoxy groups -OCH3 is 2. The second-order valence-electron chi connectivity index (χ2n) is 5.66. The number of benzene rings is 2. The molecule has 2 aromatic rings. The summed E-state index contributed by atoms with van der Waals surface area (Å²) in [5.74, 6) is 0.140. The van der Waals surface area contributed by atoms with E-state index >= 15 is 0 Å². The summed E-state index contributed by atoms with van der Waals surface area (Å²) < 4.78 is 51.5. The maximum Gasteiger partial charge on any atom is 0.573 e. The lowest BCUT2D eigenvalue weighted by Crippen LogP contribution is -2.19. The second kappa shape index (κ2) is 10.7. The van der Waals surface area contributed by atoms with E-state index in [1.54, 1.807) is 39.5 Å². The van der Waals surface area contributed by atoms with Gasteiger partial charge in [-0.05, 0) is 19.2 Å². The number of halogens is 3. The molecule has 0 aliphatic carbocycles. The molecule has 0 spiro atoms. The quantitative estimate of drug-likeness (QED) is 0.710. The Balaban J connectivity index is 0.00000190. The highest BCUT2D eigenvalue weighted by Gasteiger charge is 2.32. The Bertz CT molecular complexity index is 751. The number of alkyl halides is 3. The fourth-order valence-electron chi connectivity index (χ4n) is 2.52. The predicted molar refractivity (Wildman–Crippen MR) is 101 cm³/mol. The van der Waals surface area contributed by atoms with Gasteiger partial charge >= 0.3 is 6.36 Å². The van der Waals surface area contributed by atoms with Crippen molar-refractivity contribution in [3.63, 3.8) is 0 Å². The molecule has 0 atom stereocenters. The Labute approximate surface area is 163 Å². The summed E-state index contributed by atoms with van der Waals surface area (Å²) in [6.45, 7) is 4.67. The third-order valence-electron chi connectivity index (χ3n) is 3.68. The summed E-state index contributed by atoms with van der Waals surface area (Å²) in [5, 5.41) is 10.0. The van der Waals surface area contributed by atoms with Gasteiger partial charge in [0.25, 0.3) is 0 Å². The zero-order chi connectivity index (χ0) is 21.3. The van der Waals surface area contributed by atoms with Gasteiger partial charge in [-0.2, -0.15) is 0 Å². The third-order valence-corrected chi connectivity index (χ3v) is 3.68. The van der Waals surface area contributed by atoms with Crippen LogP contribution in [0.3, 0.4) is 0 Å². The lowest BCUT2D eigenvalue weighted by Gasteiger charge is -2.20. The number of aromatic hydroxyl groups is 1. The molecule has 8 heteroatoms. The van der Waals surface area contributed by atoms with Crippen molar-refractivity contribution in [1.29, 1.82) is 0 Å². The van der Waals surface area contributed by atoms with Gasteiger partial charge in [-0.15, -0.1) is 13.2 Å². The van der Waals surface area contributed by atoms with Crippen LogP contribution >= 0.6 is 0 Å². The largest absolute Gasteiger partial charge is 0.573 e. The molecule has 0 aromatic heterocycles. The molecule has 0 aliphatic heterocycles. The predicted octanol–water partition coefficient (Wildman–Crippen LogP) is 4.97. The van der Waals surface area contributed by atoms with Crippen LogP contribution in [0.4, 0.5) is 13.2 Å². The van der Waals surface area contributed by atoms with Gasteiger partial charge in [0, 0.05) is 30.3 Å². The van der Waals surface area contributed by atoms with Crippen LogP contribution in [0.25, 0.3) is 0 Å². The number of nitrogens with zero attached hydrogens (tertiary/aromatic N) is 1. The maximum absolute atomic E-state index is 12.4. The van der Waals surface area contributed by atoms with Crippen LogP contribution in [-0.2, 0) is 13.1 Å². The molecular weight excluding hydrogens is 375 g/mol. The van der Waals surface area contributed by atoms with Crippen molar-refractivity contribution in [1.82, 2.24) is 4.90 Å². The van der Waals surface area contributed by atoms with Crippen molar-refractivity contribution in [3.8, 4) is 23.0 Å². The highest BCUT2D eigenvalue weighted by atomic mass is 19.4. The maximum atomic E-state index is 12.4. The van der Waals surface area contributed by atoms with E-state index in [-0.39, 0.29) is 6.54 Å². The summed E-state index contributed by atoms with van der Waals surface area (Å²) in [6.07, 6.45) is -4.86. The molecule has 0 saturated carbocycles. The van der Waals surface area contributed by atoms with E-state index in [9.17, 15) is 18.3 Å². The molecule has 0 bridgehead atoms. The molecule has 1 N–H and O–H groups in total. The number of phenolic OH excluding ortho intramolecular Hbond substituents is 1. The van der Waals surface area contributed by atoms with Crippen LogP contribution in [0.5, 0.6) is 23.0 Å². The van der Waals surface area contributed by atoms with Gasteiger partial charge in [-0.3, -0.25) is 4.90 Å². The number of hydrogen-bond acceptors (Lipinski definition) is 5. The van der Waals surface area contributed by atoms with E-state index in [0.717, 1.165) is 11.6 Å². The van der Waals surface area contributed by atoms with Crippen molar-refractivity contribution in [3.05, 3.63) is 47.5 Å². The van der Waals surface area contributed by atoms with E-state index < -0.39 is 17.9 Å². The van der Waals surface area contributed by atoms with E-state index in [4.69, 9.17) is 9.47 Å². The normalized spacial score (nSPS) is 10.9. The zero-order valence-corrected chi connectivity index (χ0v) is 16.6.